The second-order valence-electron chi connectivity index (χ2n) is 7.82. The maximum atomic E-state index is 12.9. The summed E-state index contributed by atoms with van der Waals surface area (Å²) in [4.78, 5) is 22.5. The fourth-order valence-electron chi connectivity index (χ4n) is 4.28. The maximum Gasteiger partial charge on any atom is 0.233 e. The number of nitrogens with one attached hydrogen (secondary N) is 1. The molecule has 1 amide bonds. The molecule has 3 heterocycles. The number of anilines is 1. The van der Waals surface area contributed by atoms with Crippen LogP contribution in [0.4, 0.5) is 5.82 Å². The molecule has 4 rings (SSSR count). The summed E-state index contributed by atoms with van der Waals surface area (Å²) in [6.45, 7) is 7.38. The van der Waals surface area contributed by atoms with Crippen LogP contribution in [0.2, 0.25) is 0 Å². The fourth-order valence-corrected chi connectivity index (χ4v) is 4.28. The van der Waals surface area contributed by atoms with E-state index in [0.29, 0.717) is 6.54 Å². The van der Waals surface area contributed by atoms with Crippen molar-refractivity contribution in [3.63, 3.8) is 0 Å². The predicted octanol–water partition coefficient (Wildman–Crippen LogP) is 1.94. The van der Waals surface area contributed by atoms with Crippen LogP contribution in [0.5, 0.6) is 0 Å². The fraction of sp³-hybridized carbons (Fsp3) is 0.455. The number of nitrogens with zero attached hydrogens (tertiary/aromatic N) is 3. The average molecular weight is 380 g/mol. The van der Waals surface area contributed by atoms with E-state index in [0.717, 1.165) is 56.5 Å². The summed E-state index contributed by atoms with van der Waals surface area (Å²) in [6, 6.07) is 14.6. The Morgan fingerprint density at radius 1 is 1.18 bits per heavy atom. The number of morpholine rings is 1. The smallest absolute Gasteiger partial charge is 0.233 e. The lowest BCUT2D eigenvalue weighted by Gasteiger charge is -2.40. The second-order valence-corrected chi connectivity index (χ2v) is 7.82. The molecule has 2 aliphatic rings. The second kappa shape index (κ2) is 7.89. The Bertz CT molecular complexity index is 836. The SMILES string of the molecule is CNC(=O)C1(C)CN(Cc2ccccc2)Cc2ccc(N3CCOCC3)nc21. The van der Waals surface area contributed by atoms with E-state index >= 15 is 0 Å². The van der Waals surface area contributed by atoms with Crippen LogP contribution in [-0.4, -0.2) is 55.7 Å². The summed E-state index contributed by atoms with van der Waals surface area (Å²) in [5, 5.41) is 2.86. The molecule has 1 unspecified atom stereocenters. The molecule has 1 N–H and O–H groups in total. The Kier molecular flexibility index (Phi) is 5.33. The first-order valence-electron chi connectivity index (χ1n) is 9.92. The number of benzene rings is 1. The number of fused-ring (bicyclic) bond motifs is 1. The minimum Gasteiger partial charge on any atom is -0.378 e. The molecule has 6 nitrogen and oxygen atoms in total. The number of pyridine rings is 1. The van der Waals surface area contributed by atoms with Gasteiger partial charge in [-0.05, 0) is 24.1 Å². The highest BCUT2D eigenvalue weighted by Gasteiger charge is 2.43. The Morgan fingerprint density at radius 2 is 1.93 bits per heavy atom. The number of carbonyl (C=O) groups excluding carboxylic acids is 1. The summed E-state index contributed by atoms with van der Waals surface area (Å²) in [7, 11) is 1.70. The van der Waals surface area contributed by atoms with Gasteiger partial charge in [-0.15, -0.1) is 0 Å². The Balaban J connectivity index is 1.66. The van der Waals surface area contributed by atoms with E-state index in [1.807, 2.05) is 13.0 Å². The largest absolute Gasteiger partial charge is 0.378 e. The molecule has 148 valence electrons. The summed E-state index contributed by atoms with van der Waals surface area (Å²) in [5.41, 5.74) is 2.60. The summed E-state index contributed by atoms with van der Waals surface area (Å²) < 4.78 is 5.46. The van der Waals surface area contributed by atoms with Gasteiger partial charge in [-0.25, -0.2) is 4.98 Å². The van der Waals surface area contributed by atoms with Crippen LogP contribution >= 0.6 is 0 Å². The van der Waals surface area contributed by atoms with Crippen molar-refractivity contribution in [2.45, 2.75) is 25.4 Å². The number of likely N-dealkylation sites (N-methyl/N-ethyl adjacent to an activating group) is 1. The van der Waals surface area contributed by atoms with Gasteiger partial charge in [-0.2, -0.15) is 0 Å². The van der Waals surface area contributed by atoms with Crippen LogP contribution in [0, 0.1) is 0 Å². The van der Waals surface area contributed by atoms with Crippen molar-refractivity contribution in [2.75, 3.05) is 44.8 Å². The lowest BCUT2D eigenvalue weighted by Crippen LogP contribution is -2.52. The van der Waals surface area contributed by atoms with Crippen LogP contribution < -0.4 is 10.2 Å². The van der Waals surface area contributed by atoms with Crippen LogP contribution in [0.15, 0.2) is 42.5 Å². The number of hydrogen-bond acceptors (Lipinski definition) is 5. The van der Waals surface area contributed by atoms with Gasteiger partial charge in [0.25, 0.3) is 0 Å². The highest BCUT2D eigenvalue weighted by molar-refractivity contribution is 5.88. The van der Waals surface area contributed by atoms with E-state index in [1.54, 1.807) is 7.05 Å². The summed E-state index contributed by atoms with van der Waals surface area (Å²) in [6.07, 6.45) is 0. The van der Waals surface area contributed by atoms with Gasteiger partial charge in [0, 0.05) is 39.8 Å². The summed E-state index contributed by atoms with van der Waals surface area (Å²) >= 11 is 0. The topological polar surface area (TPSA) is 57.7 Å². The van der Waals surface area contributed by atoms with Gasteiger partial charge in [0.2, 0.25) is 5.91 Å². The van der Waals surface area contributed by atoms with E-state index in [-0.39, 0.29) is 5.91 Å². The molecule has 0 bridgehead atoms. The van der Waals surface area contributed by atoms with Gasteiger partial charge in [0.05, 0.1) is 18.9 Å². The van der Waals surface area contributed by atoms with E-state index in [1.165, 1.54) is 5.56 Å². The lowest BCUT2D eigenvalue weighted by atomic mass is 9.79. The first-order valence-corrected chi connectivity index (χ1v) is 9.92. The molecular formula is C22H28N4O2. The standard InChI is InChI=1S/C22H28N4O2/c1-22(21(27)23-2)16-25(14-17-6-4-3-5-7-17)15-18-8-9-19(24-20(18)22)26-10-12-28-13-11-26/h3-9H,10-16H2,1-2H3,(H,23,27). The molecule has 0 aliphatic carbocycles. The van der Waals surface area contributed by atoms with E-state index in [2.05, 4.69) is 51.5 Å². The predicted molar refractivity (Wildman–Crippen MR) is 109 cm³/mol. The van der Waals surface area contributed by atoms with Crippen molar-refractivity contribution in [1.29, 1.82) is 0 Å². The molecular weight excluding hydrogens is 352 g/mol. The third kappa shape index (κ3) is 3.62. The Morgan fingerprint density at radius 3 is 2.64 bits per heavy atom. The quantitative estimate of drug-likeness (QED) is 0.879. The minimum atomic E-state index is -0.681. The number of amides is 1. The molecule has 6 heteroatoms. The Labute approximate surface area is 166 Å². The highest BCUT2D eigenvalue weighted by Crippen LogP contribution is 2.35. The normalized spacial score (nSPS) is 22.6. The van der Waals surface area contributed by atoms with Crippen LogP contribution in [-0.2, 0) is 28.0 Å². The maximum absolute atomic E-state index is 12.9. The van der Waals surface area contributed by atoms with Gasteiger partial charge in [-0.3, -0.25) is 9.69 Å². The number of carbonyl (C=O) groups is 1. The molecule has 1 saturated heterocycles. The first kappa shape index (κ1) is 18.9. The molecule has 2 aromatic rings. The van der Waals surface area contributed by atoms with Gasteiger partial charge in [0.1, 0.15) is 11.2 Å². The summed E-state index contributed by atoms with van der Waals surface area (Å²) in [5.74, 6) is 0.951. The van der Waals surface area contributed by atoms with Gasteiger partial charge >= 0.3 is 0 Å². The molecule has 28 heavy (non-hydrogen) atoms. The third-order valence-electron chi connectivity index (χ3n) is 5.73. The van der Waals surface area contributed by atoms with Crippen molar-refractivity contribution < 1.29 is 9.53 Å². The van der Waals surface area contributed by atoms with Crippen LogP contribution in [0.1, 0.15) is 23.7 Å². The molecule has 1 fully saturated rings. The highest BCUT2D eigenvalue weighted by atomic mass is 16.5. The molecule has 0 spiro atoms. The third-order valence-corrected chi connectivity index (χ3v) is 5.73. The van der Waals surface area contributed by atoms with Gasteiger partial charge in [0.15, 0.2) is 0 Å². The van der Waals surface area contributed by atoms with E-state index in [4.69, 9.17) is 9.72 Å². The molecule has 1 aromatic carbocycles. The van der Waals surface area contributed by atoms with Crippen molar-refractivity contribution in [3.05, 3.63) is 59.3 Å². The first-order chi connectivity index (χ1) is 13.6. The zero-order valence-corrected chi connectivity index (χ0v) is 16.6. The molecule has 1 aromatic heterocycles. The van der Waals surface area contributed by atoms with Crippen molar-refractivity contribution >= 4 is 11.7 Å². The van der Waals surface area contributed by atoms with Gasteiger partial charge in [-0.1, -0.05) is 36.4 Å². The minimum absolute atomic E-state index is 0.0122. The molecule has 0 radical (unpaired) electrons. The number of aromatic nitrogens is 1. The van der Waals surface area contributed by atoms with Crippen molar-refractivity contribution in [2.24, 2.45) is 0 Å². The number of hydrogen-bond donors (Lipinski definition) is 1. The number of ether oxygens (including phenoxy) is 1. The molecule has 2 aliphatic heterocycles. The van der Waals surface area contributed by atoms with E-state index in [9.17, 15) is 4.79 Å². The molecule has 1 atom stereocenters. The van der Waals surface area contributed by atoms with Crippen molar-refractivity contribution in [1.82, 2.24) is 15.2 Å². The molecule has 0 saturated carbocycles. The van der Waals surface area contributed by atoms with Gasteiger partial charge < -0.3 is 15.0 Å². The zero-order valence-electron chi connectivity index (χ0n) is 16.6. The van der Waals surface area contributed by atoms with Crippen LogP contribution in [0.25, 0.3) is 0 Å². The van der Waals surface area contributed by atoms with Crippen molar-refractivity contribution in [3.8, 4) is 0 Å². The van der Waals surface area contributed by atoms with E-state index < -0.39 is 5.41 Å². The number of rotatable bonds is 4. The lowest BCUT2D eigenvalue weighted by molar-refractivity contribution is -0.127. The average Bonchev–Trinajstić information content (AvgIpc) is 2.74. The Hall–Kier alpha value is -2.44. The monoisotopic (exact) mass is 380 g/mol. The zero-order chi connectivity index (χ0) is 19.6. The van der Waals surface area contributed by atoms with Crippen LogP contribution in [0.3, 0.4) is 0 Å².